The second-order valence-corrected chi connectivity index (χ2v) is 3.84. The van der Waals surface area contributed by atoms with Crippen LogP contribution in [0.25, 0.3) is 0 Å². The number of benzene rings is 1. The first kappa shape index (κ1) is 13.1. The number of nitrogens with two attached hydrogens (primary N) is 1. The maximum atomic E-state index is 6.08. The van der Waals surface area contributed by atoms with Crippen molar-refractivity contribution < 1.29 is 0 Å². The third-order valence-corrected chi connectivity index (χ3v) is 2.60. The number of rotatable bonds is 7. The van der Waals surface area contributed by atoms with E-state index < -0.39 is 0 Å². The highest BCUT2D eigenvalue weighted by Gasteiger charge is 2.06. The van der Waals surface area contributed by atoms with Crippen molar-refractivity contribution in [3.63, 3.8) is 0 Å². The first-order valence-corrected chi connectivity index (χ1v) is 5.68. The molecular weight excluding hydrogens is 200 g/mol. The Balaban J connectivity index is 2.28. The average Bonchev–Trinajstić information content (AvgIpc) is 2.31. The molecule has 4 N–H and O–H groups in total. The molecule has 4 heteroatoms. The molecule has 0 aromatic heterocycles. The van der Waals surface area contributed by atoms with E-state index in [1.165, 1.54) is 5.56 Å². The van der Waals surface area contributed by atoms with Crippen LogP contribution in [0.5, 0.6) is 0 Å². The van der Waals surface area contributed by atoms with Crippen molar-refractivity contribution in [2.45, 2.75) is 18.9 Å². The summed E-state index contributed by atoms with van der Waals surface area (Å²) < 4.78 is 0. The topological polar surface area (TPSA) is 53.3 Å². The van der Waals surface area contributed by atoms with Gasteiger partial charge >= 0.3 is 0 Å². The lowest BCUT2D eigenvalue weighted by atomic mass is 10.0. The number of hydrazine groups is 2. The summed E-state index contributed by atoms with van der Waals surface area (Å²) in [5.41, 5.74) is 13.5. The van der Waals surface area contributed by atoms with E-state index in [1.807, 2.05) is 25.3 Å². The summed E-state index contributed by atoms with van der Waals surface area (Å²) in [7, 11) is 3.78. The minimum atomic E-state index is 0.201. The van der Waals surface area contributed by atoms with Gasteiger partial charge in [-0.3, -0.25) is 0 Å². The largest absolute Gasteiger partial charge is 0.327 e. The number of nitrogens with one attached hydrogen (secondary N) is 2. The van der Waals surface area contributed by atoms with Gasteiger partial charge in [-0.15, -0.1) is 0 Å². The van der Waals surface area contributed by atoms with Gasteiger partial charge in [-0.25, -0.2) is 10.9 Å². The fraction of sp³-hybridized carbons (Fsp3) is 0.500. The molecule has 90 valence electrons. The number of nitrogens with zero attached hydrogens (tertiary/aromatic N) is 1. The van der Waals surface area contributed by atoms with Crippen LogP contribution < -0.4 is 16.6 Å². The smallest absolute Gasteiger partial charge is 0.0302 e. The van der Waals surface area contributed by atoms with Crippen LogP contribution in [-0.2, 0) is 6.42 Å². The highest BCUT2D eigenvalue weighted by atomic mass is 15.7. The van der Waals surface area contributed by atoms with Gasteiger partial charge in [0.1, 0.15) is 0 Å². The summed E-state index contributed by atoms with van der Waals surface area (Å²) in [4.78, 5) is 0. The van der Waals surface area contributed by atoms with Gasteiger partial charge in [0.25, 0.3) is 0 Å². The normalized spacial score (nSPS) is 13.0. The summed E-state index contributed by atoms with van der Waals surface area (Å²) in [5.74, 6) is 0. The summed E-state index contributed by atoms with van der Waals surface area (Å²) in [6, 6.07) is 10.6. The van der Waals surface area contributed by atoms with Crippen LogP contribution in [0.1, 0.15) is 12.0 Å². The molecule has 0 amide bonds. The molecule has 0 aliphatic carbocycles. The van der Waals surface area contributed by atoms with Crippen LogP contribution >= 0.6 is 0 Å². The van der Waals surface area contributed by atoms with Crippen LogP contribution in [0.15, 0.2) is 30.3 Å². The quantitative estimate of drug-likeness (QED) is 0.589. The first-order valence-electron chi connectivity index (χ1n) is 5.68. The molecule has 1 rings (SSSR count). The average molecular weight is 222 g/mol. The molecule has 0 spiro atoms. The second kappa shape index (κ2) is 7.35. The number of hydrogen-bond acceptors (Lipinski definition) is 4. The Morgan fingerprint density at radius 3 is 2.38 bits per heavy atom. The van der Waals surface area contributed by atoms with Gasteiger partial charge in [0, 0.05) is 26.7 Å². The van der Waals surface area contributed by atoms with Gasteiger partial charge in [-0.2, -0.15) is 5.12 Å². The van der Waals surface area contributed by atoms with E-state index in [9.17, 15) is 0 Å². The van der Waals surface area contributed by atoms with E-state index in [0.717, 1.165) is 19.4 Å². The fourth-order valence-corrected chi connectivity index (χ4v) is 1.65. The predicted molar refractivity (Wildman–Crippen MR) is 67.6 cm³/mol. The molecule has 1 atom stereocenters. The Kier molecular flexibility index (Phi) is 6.03. The van der Waals surface area contributed by atoms with E-state index in [4.69, 9.17) is 5.73 Å². The predicted octanol–water partition coefficient (Wildman–Crippen LogP) is 0.517. The van der Waals surface area contributed by atoms with E-state index in [1.54, 1.807) is 0 Å². The molecule has 4 nitrogen and oxygen atoms in total. The van der Waals surface area contributed by atoms with Crippen LogP contribution in [-0.4, -0.2) is 31.8 Å². The first-order chi connectivity index (χ1) is 7.76. The Morgan fingerprint density at radius 2 is 1.81 bits per heavy atom. The Morgan fingerprint density at radius 1 is 1.19 bits per heavy atom. The molecule has 0 radical (unpaired) electrons. The van der Waals surface area contributed by atoms with E-state index in [-0.39, 0.29) is 6.04 Å². The zero-order chi connectivity index (χ0) is 11.8. The second-order valence-electron chi connectivity index (χ2n) is 3.84. The van der Waals surface area contributed by atoms with Gasteiger partial charge in [0.15, 0.2) is 0 Å². The lowest BCUT2D eigenvalue weighted by molar-refractivity contribution is 0.140. The Hall–Kier alpha value is -0.940. The highest BCUT2D eigenvalue weighted by Crippen LogP contribution is 2.03. The van der Waals surface area contributed by atoms with Gasteiger partial charge in [-0.1, -0.05) is 30.3 Å². The van der Waals surface area contributed by atoms with Crippen LogP contribution in [0.4, 0.5) is 0 Å². The molecule has 0 fully saturated rings. The maximum absolute atomic E-state index is 6.08. The lowest BCUT2D eigenvalue weighted by Crippen LogP contribution is -2.46. The van der Waals surface area contributed by atoms with Crippen LogP contribution in [0, 0.1) is 0 Å². The van der Waals surface area contributed by atoms with Crippen molar-refractivity contribution in [3.8, 4) is 0 Å². The van der Waals surface area contributed by atoms with Crippen molar-refractivity contribution in [2.75, 3.05) is 20.6 Å². The minimum Gasteiger partial charge on any atom is -0.327 e. The van der Waals surface area contributed by atoms with Crippen molar-refractivity contribution in [2.24, 2.45) is 5.73 Å². The third kappa shape index (κ3) is 4.72. The zero-order valence-corrected chi connectivity index (χ0v) is 10.1. The SMILES string of the molecule is CNN(CCC(N)Cc1ccccc1)NC. The molecule has 0 aliphatic rings. The van der Waals surface area contributed by atoms with Crippen molar-refractivity contribution in [1.29, 1.82) is 0 Å². The van der Waals surface area contributed by atoms with Crippen LogP contribution in [0.3, 0.4) is 0 Å². The van der Waals surface area contributed by atoms with E-state index >= 15 is 0 Å². The standard InChI is InChI=1S/C12H22N4/c1-14-16(15-2)9-8-12(13)10-11-6-4-3-5-7-11/h3-7,12,14-15H,8-10,13H2,1-2H3. The molecule has 0 saturated carbocycles. The van der Waals surface area contributed by atoms with Gasteiger partial charge < -0.3 is 5.73 Å². The highest BCUT2D eigenvalue weighted by molar-refractivity contribution is 5.15. The molecule has 16 heavy (non-hydrogen) atoms. The molecule has 0 saturated heterocycles. The summed E-state index contributed by atoms with van der Waals surface area (Å²) in [6.45, 7) is 0.890. The molecule has 0 bridgehead atoms. The fourth-order valence-electron chi connectivity index (χ4n) is 1.65. The monoisotopic (exact) mass is 222 g/mol. The van der Waals surface area contributed by atoms with Gasteiger partial charge in [-0.05, 0) is 18.4 Å². The zero-order valence-electron chi connectivity index (χ0n) is 10.1. The maximum Gasteiger partial charge on any atom is 0.0302 e. The van der Waals surface area contributed by atoms with E-state index in [2.05, 4.69) is 35.1 Å². The molecule has 1 aromatic rings. The molecule has 0 aliphatic heterocycles. The van der Waals surface area contributed by atoms with Crippen LogP contribution in [0.2, 0.25) is 0 Å². The molecule has 1 aromatic carbocycles. The van der Waals surface area contributed by atoms with Crippen molar-refractivity contribution in [3.05, 3.63) is 35.9 Å². The summed E-state index contributed by atoms with van der Waals surface area (Å²) >= 11 is 0. The number of hydrogen-bond donors (Lipinski definition) is 3. The summed E-state index contributed by atoms with van der Waals surface area (Å²) in [5, 5.41) is 1.92. The Labute approximate surface area is 97.8 Å². The van der Waals surface area contributed by atoms with Gasteiger partial charge in [0.2, 0.25) is 0 Å². The molecule has 0 heterocycles. The molecular formula is C12H22N4. The minimum absolute atomic E-state index is 0.201. The van der Waals surface area contributed by atoms with E-state index in [0.29, 0.717) is 0 Å². The Bertz CT molecular complexity index is 272. The molecule has 1 unspecified atom stereocenters. The van der Waals surface area contributed by atoms with Crippen molar-refractivity contribution >= 4 is 0 Å². The van der Waals surface area contributed by atoms with Crippen molar-refractivity contribution in [1.82, 2.24) is 16.0 Å². The summed E-state index contributed by atoms with van der Waals surface area (Å²) in [6.07, 6.45) is 1.89. The third-order valence-electron chi connectivity index (χ3n) is 2.60. The lowest BCUT2D eigenvalue weighted by Gasteiger charge is -2.21. The van der Waals surface area contributed by atoms with Gasteiger partial charge in [0.05, 0.1) is 0 Å².